The lowest BCUT2D eigenvalue weighted by molar-refractivity contribution is -0.144. The maximum atomic E-state index is 12.9. The van der Waals surface area contributed by atoms with Gasteiger partial charge in [-0.15, -0.1) is 0 Å². The molecule has 0 radical (unpaired) electrons. The van der Waals surface area contributed by atoms with Crippen molar-refractivity contribution >= 4 is 11.9 Å². The van der Waals surface area contributed by atoms with E-state index in [1.54, 1.807) is 4.90 Å². The molecule has 5 heteroatoms. The summed E-state index contributed by atoms with van der Waals surface area (Å²) in [4.78, 5) is 27.2. The maximum absolute atomic E-state index is 12.9. The van der Waals surface area contributed by atoms with Crippen LogP contribution in [0.4, 0.5) is 4.79 Å². The van der Waals surface area contributed by atoms with Gasteiger partial charge in [0.25, 0.3) is 0 Å². The van der Waals surface area contributed by atoms with Crippen LogP contribution in [0.5, 0.6) is 0 Å². The first-order valence-electron chi connectivity index (χ1n) is 9.77. The van der Waals surface area contributed by atoms with Gasteiger partial charge in [0.1, 0.15) is 17.7 Å². The number of ketones is 1. The lowest BCUT2D eigenvalue weighted by atomic mass is 9.75. The monoisotopic (exact) mass is 347 g/mol. The fourth-order valence-corrected chi connectivity index (χ4v) is 5.26. The van der Waals surface area contributed by atoms with Crippen molar-refractivity contribution in [3.8, 4) is 0 Å². The molecule has 0 unspecified atom stereocenters. The minimum absolute atomic E-state index is 0.0423. The number of hydrogen-bond donors (Lipinski definition) is 0. The molecular weight excluding hydrogens is 318 g/mol. The zero-order chi connectivity index (χ0) is 17.8. The molecule has 3 heterocycles. The Hall–Kier alpha value is -1.36. The van der Waals surface area contributed by atoms with E-state index in [1.807, 2.05) is 12.2 Å². The van der Waals surface area contributed by atoms with Crippen LogP contribution >= 0.6 is 0 Å². The smallest absolute Gasteiger partial charge is 0.410 e. The lowest BCUT2D eigenvalue weighted by Crippen LogP contribution is -2.55. The van der Waals surface area contributed by atoms with Gasteiger partial charge in [-0.25, -0.2) is 4.79 Å². The largest absolute Gasteiger partial charge is 0.446 e. The number of nitrogens with zero attached hydrogens (tertiary/aromatic N) is 1. The number of amides is 1. The minimum atomic E-state index is -0.601. The Balaban J connectivity index is 1.49. The van der Waals surface area contributed by atoms with Gasteiger partial charge in [-0.3, -0.25) is 9.69 Å². The van der Waals surface area contributed by atoms with Gasteiger partial charge < -0.3 is 9.47 Å². The lowest BCUT2D eigenvalue weighted by Gasteiger charge is -2.40. The quantitative estimate of drug-likeness (QED) is 0.719. The van der Waals surface area contributed by atoms with Crippen molar-refractivity contribution in [2.75, 3.05) is 6.54 Å². The number of carbonyl (C=O) groups excluding carboxylic acids is 2. The van der Waals surface area contributed by atoms with Gasteiger partial charge in [0.15, 0.2) is 5.78 Å². The predicted molar refractivity (Wildman–Crippen MR) is 93.1 cm³/mol. The summed E-state index contributed by atoms with van der Waals surface area (Å²) in [7, 11) is 0. The maximum Gasteiger partial charge on any atom is 0.410 e. The molecular formula is C20H29NO4. The molecule has 5 nitrogen and oxygen atoms in total. The molecule has 4 rings (SSSR count). The first kappa shape index (κ1) is 17.1. The van der Waals surface area contributed by atoms with Crippen LogP contribution in [-0.4, -0.2) is 47.2 Å². The van der Waals surface area contributed by atoms with Crippen molar-refractivity contribution in [1.82, 2.24) is 4.90 Å². The molecule has 1 amide bonds. The van der Waals surface area contributed by atoms with Gasteiger partial charge in [0.2, 0.25) is 0 Å². The van der Waals surface area contributed by atoms with Gasteiger partial charge >= 0.3 is 6.09 Å². The number of ether oxygens (including phenoxy) is 2. The van der Waals surface area contributed by atoms with Crippen LogP contribution in [0.3, 0.4) is 0 Å². The van der Waals surface area contributed by atoms with Gasteiger partial charge in [-0.05, 0) is 30.6 Å². The molecule has 1 spiro atoms. The molecule has 3 fully saturated rings. The van der Waals surface area contributed by atoms with Gasteiger partial charge in [-0.2, -0.15) is 0 Å². The van der Waals surface area contributed by atoms with Crippen LogP contribution in [0.15, 0.2) is 12.2 Å². The number of Topliss-reactive ketones (excluding diaryl/α,β-unsaturated/α-hetero) is 1. The molecule has 0 N–H and O–H groups in total. The van der Waals surface area contributed by atoms with Crippen LogP contribution in [0.2, 0.25) is 0 Å². The van der Waals surface area contributed by atoms with Crippen LogP contribution in [0.1, 0.15) is 52.9 Å². The van der Waals surface area contributed by atoms with E-state index in [-0.39, 0.29) is 24.1 Å². The SMILES string of the molecule is CC(C)[C@@H]1CC[C@@H](C)C[C@H]1OC(=O)N1CC[C@@]23C=C[C@@H](CC(=O)[C@H]12)O3. The Morgan fingerprint density at radius 2 is 2.20 bits per heavy atom. The Morgan fingerprint density at radius 3 is 2.96 bits per heavy atom. The standard InChI is InChI=1S/C20H29NO4/c1-12(2)15-5-4-13(3)10-17(15)24-19(23)21-9-8-20-7-6-14(25-20)11-16(22)18(20)21/h6-7,12-15,17-18H,4-5,8-11H2,1-3H3/t13-,14+,15+,17-,18+,20+/m1/s1. The fourth-order valence-electron chi connectivity index (χ4n) is 5.26. The predicted octanol–water partition coefficient (Wildman–Crippen LogP) is 3.32. The average molecular weight is 347 g/mol. The second-order valence-corrected chi connectivity index (χ2v) is 8.74. The van der Waals surface area contributed by atoms with Gasteiger partial charge in [-0.1, -0.05) is 39.3 Å². The number of fused-ring (bicyclic) bond motifs is 1. The molecule has 138 valence electrons. The van der Waals surface area contributed by atoms with Crippen molar-refractivity contribution in [2.24, 2.45) is 17.8 Å². The van der Waals surface area contributed by atoms with Crippen LogP contribution in [0.25, 0.3) is 0 Å². The number of hydrogen-bond acceptors (Lipinski definition) is 4. The zero-order valence-electron chi connectivity index (χ0n) is 15.4. The second kappa shape index (κ2) is 6.11. The summed E-state index contributed by atoms with van der Waals surface area (Å²) in [6.07, 6.45) is 7.77. The van der Waals surface area contributed by atoms with E-state index in [4.69, 9.17) is 9.47 Å². The first-order chi connectivity index (χ1) is 11.9. The summed E-state index contributed by atoms with van der Waals surface area (Å²) in [5, 5.41) is 0. The van der Waals surface area contributed by atoms with Crippen molar-refractivity contribution in [3.05, 3.63) is 12.2 Å². The molecule has 2 saturated heterocycles. The first-order valence-corrected chi connectivity index (χ1v) is 9.77. The normalized spacial score (nSPS) is 42.8. The summed E-state index contributed by atoms with van der Waals surface area (Å²) in [5.74, 6) is 1.59. The van der Waals surface area contributed by atoms with Crippen molar-refractivity contribution in [2.45, 2.75) is 76.7 Å². The Morgan fingerprint density at radius 1 is 1.40 bits per heavy atom. The average Bonchev–Trinajstić information content (AvgIpc) is 3.09. The molecule has 4 aliphatic rings. The van der Waals surface area contributed by atoms with E-state index in [2.05, 4.69) is 20.8 Å². The molecule has 1 saturated carbocycles. The van der Waals surface area contributed by atoms with E-state index in [0.717, 1.165) is 12.8 Å². The highest BCUT2D eigenvalue weighted by molar-refractivity contribution is 5.91. The Labute approximate surface area is 149 Å². The molecule has 0 aromatic rings. The van der Waals surface area contributed by atoms with Crippen LogP contribution in [0, 0.1) is 17.8 Å². The summed E-state index contributed by atoms with van der Waals surface area (Å²) >= 11 is 0. The van der Waals surface area contributed by atoms with Gasteiger partial charge in [0.05, 0.1) is 6.10 Å². The number of rotatable bonds is 2. The fraction of sp³-hybridized carbons (Fsp3) is 0.800. The second-order valence-electron chi connectivity index (χ2n) is 8.74. The highest BCUT2D eigenvalue weighted by Crippen LogP contribution is 2.44. The van der Waals surface area contributed by atoms with E-state index in [0.29, 0.717) is 37.1 Å². The molecule has 1 aliphatic carbocycles. The topological polar surface area (TPSA) is 55.8 Å². The third-order valence-electron chi connectivity index (χ3n) is 6.64. The van der Waals surface area contributed by atoms with Gasteiger partial charge in [0, 0.05) is 19.4 Å². The summed E-state index contributed by atoms with van der Waals surface area (Å²) in [5.41, 5.74) is -0.601. The Bertz CT molecular complexity index is 601. The number of carbonyl (C=O) groups is 2. The highest BCUT2D eigenvalue weighted by atomic mass is 16.6. The molecule has 0 aromatic carbocycles. The zero-order valence-corrected chi connectivity index (χ0v) is 15.4. The van der Waals surface area contributed by atoms with E-state index in [1.165, 1.54) is 6.42 Å². The van der Waals surface area contributed by atoms with E-state index in [9.17, 15) is 9.59 Å². The van der Waals surface area contributed by atoms with Crippen molar-refractivity contribution < 1.29 is 19.1 Å². The third-order valence-corrected chi connectivity index (χ3v) is 6.64. The van der Waals surface area contributed by atoms with Crippen LogP contribution < -0.4 is 0 Å². The summed E-state index contributed by atoms with van der Waals surface area (Å²) in [6.45, 7) is 7.16. The molecule has 25 heavy (non-hydrogen) atoms. The summed E-state index contributed by atoms with van der Waals surface area (Å²) < 4.78 is 12.0. The minimum Gasteiger partial charge on any atom is -0.446 e. The Kier molecular flexibility index (Phi) is 4.18. The number of likely N-dealkylation sites (tertiary alicyclic amines) is 1. The summed E-state index contributed by atoms with van der Waals surface area (Å²) in [6, 6.07) is -0.506. The third kappa shape index (κ3) is 2.80. The van der Waals surface area contributed by atoms with E-state index < -0.39 is 11.6 Å². The van der Waals surface area contributed by atoms with E-state index >= 15 is 0 Å². The molecule has 0 aromatic heterocycles. The molecule has 3 aliphatic heterocycles. The van der Waals surface area contributed by atoms with Crippen LogP contribution in [-0.2, 0) is 14.3 Å². The molecule has 2 bridgehead atoms. The van der Waals surface area contributed by atoms with Crippen molar-refractivity contribution in [1.29, 1.82) is 0 Å². The highest BCUT2D eigenvalue weighted by Gasteiger charge is 2.59. The van der Waals surface area contributed by atoms with Crippen molar-refractivity contribution in [3.63, 3.8) is 0 Å². The molecule has 6 atom stereocenters.